The van der Waals surface area contributed by atoms with Gasteiger partial charge in [0.2, 0.25) is 5.13 Å². The Morgan fingerprint density at radius 3 is 2.84 bits per heavy atom. The molecule has 0 unspecified atom stereocenters. The minimum absolute atomic E-state index is 0.160. The number of hydrogen-bond donors (Lipinski definition) is 2. The van der Waals surface area contributed by atoms with Crippen LogP contribution in [0.2, 0.25) is 5.02 Å². The average molecular weight is 298 g/mol. The van der Waals surface area contributed by atoms with Crippen LogP contribution in [0.25, 0.3) is 0 Å². The maximum absolute atomic E-state index is 12.1. The Balaban J connectivity index is 2.20. The molecule has 8 heteroatoms. The SMILES string of the molecule is CCNc1ccc(Cl)c(C(=O)Nc2nc(C)ns2)n1. The van der Waals surface area contributed by atoms with Crippen LogP contribution in [0.4, 0.5) is 10.9 Å². The monoisotopic (exact) mass is 297 g/mol. The lowest BCUT2D eigenvalue weighted by Gasteiger charge is -2.06. The molecule has 2 aromatic heterocycles. The summed E-state index contributed by atoms with van der Waals surface area (Å²) in [5.41, 5.74) is 0.160. The van der Waals surface area contributed by atoms with E-state index in [4.69, 9.17) is 11.6 Å². The molecule has 0 aromatic carbocycles. The summed E-state index contributed by atoms with van der Waals surface area (Å²) in [5, 5.41) is 6.36. The van der Waals surface area contributed by atoms with Gasteiger partial charge in [-0.1, -0.05) is 11.6 Å². The highest BCUT2D eigenvalue weighted by molar-refractivity contribution is 7.09. The molecule has 0 saturated carbocycles. The van der Waals surface area contributed by atoms with E-state index in [1.165, 1.54) is 0 Å². The molecule has 0 bridgehead atoms. The molecule has 0 atom stereocenters. The van der Waals surface area contributed by atoms with E-state index in [0.717, 1.165) is 11.5 Å². The first-order valence-electron chi connectivity index (χ1n) is 5.62. The number of carbonyl (C=O) groups is 1. The summed E-state index contributed by atoms with van der Waals surface area (Å²) in [4.78, 5) is 20.3. The van der Waals surface area contributed by atoms with Crippen LogP contribution in [0.15, 0.2) is 12.1 Å². The van der Waals surface area contributed by atoms with Crippen molar-refractivity contribution >= 4 is 40.0 Å². The fourth-order valence-corrected chi connectivity index (χ4v) is 2.15. The molecule has 0 aliphatic rings. The first-order valence-corrected chi connectivity index (χ1v) is 6.77. The zero-order chi connectivity index (χ0) is 13.8. The van der Waals surface area contributed by atoms with Crippen molar-refractivity contribution in [1.82, 2.24) is 14.3 Å². The molecule has 2 N–H and O–H groups in total. The lowest BCUT2D eigenvalue weighted by molar-refractivity contribution is 0.102. The van der Waals surface area contributed by atoms with Crippen LogP contribution < -0.4 is 10.6 Å². The normalized spacial score (nSPS) is 10.3. The van der Waals surface area contributed by atoms with Crippen LogP contribution >= 0.6 is 23.1 Å². The van der Waals surface area contributed by atoms with Crippen LogP contribution in [0.3, 0.4) is 0 Å². The van der Waals surface area contributed by atoms with Gasteiger partial charge >= 0.3 is 0 Å². The second kappa shape index (κ2) is 5.94. The largest absolute Gasteiger partial charge is 0.370 e. The molecule has 2 rings (SSSR count). The van der Waals surface area contributed by atoms with Crippen molar-refractivity contribution in [2.75, 3.05) is 17.2 Å². The molecule has 0 aliphatic heterocycles. The Hall–Kier alpha value is -1.73. The molecule has 100 valence electrons. The molecule has 2 aromatic rings. The van der Waals surface area contributed by atoms with Crippen molar-refractivity contribution in [3.8, 4) is 0 Å². The molecule has 0 saturated heterocycles. The number of rotatable bonds is 4. The third kappa shape index (κ3) is 3.39. The standard InChI is InChI=1S/C11H12ClN5OS/c1-3-13-8-5-4-7(12)9(15-8)10(18)16-11-14-6(2)17-19-11/h4-5H,3H2,1-2H3,(H,13,15)(H,14,16,17,18). The topological polar surface area (TPSA) is 79.8 Å². The second-order valence-electron chi connectivity index (χ2n) is 3.66. The lowest BCUT2D eigenvalue weighted by Crippen LogP contribution is -2.15. The van der Waals surface area contributed by atoms with Crippen molar-refractivity contribution in [1.29, 1.82) is 0 Å². The number of amides is 1. The lowest BCUT2D eigenvalue weighted by atomic mass is 10.3. The van der Waals surface area contributed by atoms with Crippen molar-refractivity contribution in [2.45, 2.75) is 13.8 Å². The molecule has 1 amide bonds. The van der Waals surface area contributed by atoms with E-state index < -0.39 is 5.91 Å². The highest BCUT2D eigenvalue weighted by atomic mass is 35.5. The minimum Gasteiger partial charge on any atom is -0.370 e. The molecular formula is C11H12ClN5OS. The molecule has 0 fully saturated rings. The Bertz CT molecular complexity index is 601. The first-order chi connectivity index (χ1) is 9.10. The number of hydrogen-bond acceptors (Lipinski definition) is 6. The highest BCUT2D eigenvalue weighted by Gasteiger charge is 2.15. The van der Waals surface area contributed by atoms with Gasteiger partial charge in [-0.2, -0.15) is 4.37 Å². The molecule has 0 radical (unpaired) electrons. The van der Waals surface area contributed by atoms with E-state index in [9.17, 15) is 4.79 Å². The van der Waals surface area contributed by atoms with Crippen molar-refractivity contribution in [3.05, 3.63) is 28.7 Å². The van der Waals surface area contributed by atoms with Crippen LogP contribution in [0, 0.1) is 6.92 Å². The predicted molar refractivity (Wildman–Crippen MR) is 76.0 cm³/mol. The zero-order valence-electron chi connectivity index (χ0n) is 10.4. The van der Waals surface area contributed by atoms with E-state index in [2.05, 4.69) is 25.0 Å². The number of carbonyl (C=O) groups excluding carboxylic acids is 1. The Morgan fingerprint density at radius 1 is 1.42 bits per heavy atom. The van der Waals surface area contributed by atoms with Crippen molar-refractivity contribution in [3.63, 3.8) is 0 Å². The Morgan fingerprint density at radius 2 is 2.21 bits per heavy atom. The third-order valence-electron chi connectivity index (χ3n) is 2.17. The minimum atomic E-state index is -0.402. The van der Waals surface area contributed by atoms with Gasteiger partial charge in [0.05, 0.1) is 5.02 Å². The fourth-order valence-electron chi connectivity index (χ4n) is 1.39. The first kappa shape index (κ1) is 13.7. The number of pyridine rings is 1. The van der Waals surface area contributed by atoms with E-state index in [1.807, 2.05) is 6.92 Å². The number of aryl methyl sites for hydroxylation is 1. The molecule has 0 aliphatic carbocycles. The summed E-state index contributed by atoms with van der Waals surface area (Å²) in [6.45, 7) is 4.41. The zero-order valence-corrected chi connectivity index (χ0v) is 12.0. The van der Waals surface area contributed by atoms with E-state index >= 15 is 0 Å². The predicted octanol–water partition coefficient (Wildman–Crippen LogP) is 2.58. The summed E-state index contributed by atoms with van der Waals surface area (Å²) >= 11 is 7.09. The molecule has 19 heavy (non-hydrogen) atoms. The number of nitrogens with zero attached hydrogens (tertiary/aromatic N) is 3. The van der Waals surface area contributed by atoms with Gasteiger partial charge < -0.3 is 5.32 Å². The fraction of sp³-hybridized carbons (Fsp3) is 0.273. The number of halogens is 1. The van der Waals surface area contributed by atoms with Crippen molar-refractivity contribution in [2.24, 2.45) is 0 Å². The van der Waals surface area contributed by atoms with Gasteiger partial charge in [0, 0.05) is 18.1 Å². The van der Waals surface area contributed by atoms with Crippen LogP contribution in [-0.4, -0.2) is 26.8 Å². The number of aromatic nitrogens is 3. The van der Waals surface area contributed by atoms with Gasteiger partial charge in [0.15, 0.2) is 0 Å². The number of nitrogens with one attached hydrogen (secondary N) is 2. The van der Waals surface area contributed by atoms with Crippen LogP contribution in [0.5, 0.6) is 0 Å². The van der Waals surface area contributed by atoms with Gasteiger partial charge in [-0.3, -0.25) is 10.1 Å². The van der Waals surface area contributed by atoms with Gasteiger partial charge in [0.1, 0.15) is 17.3 Å². The van der Waals surface area contributed by atoms with Crippen LogP contribution in [0.1, 0.15) is 23.2 Å². The quantitative estimate of drug-likeness (QED) is 0.906. The van der Waals surface area contributed by atoms with Gasteiger partial charge in [-0.15, -0.1) is 0 Å². The van der Waals surface area contributed by atoms with Gasteiger partial charge in [-0.25, -0.2) is 9.97 Å². The molecule has 2 heterocycles. The smallest absolute Gasteiger partial charge is 0.277 e. The third-order valence-corrected chi connectivity index (χ3v) is 3.19. The summed E-state index contributed by atoms with van der Waals surface area (Å²) in [7, 11) is 0. The van der Waals surface area contributed by atoms with Gasteiger partial charge in [-0.05, 0) is 26.0 Å². The van der Waals surface area contributed by atoms with Gasteiger partial charge in [0.25, 0.3) is 5.91 Å². The molecule has 0 spiro atoms. The number of anilines is 2. The van der Waals surface area contributed by atoms with E-state index in [-0.39, 0.29) is 5.69 Å². The summed E-state index contributed by atoms with van der Waals surface area (Å²) in [5.74, 6) is 0.812. The average Bonchev–Trinajstić information content (AvgIpc) is 2.77. The maximum Gasteiger partial charge on any atom is 0.277 e. The maximum atomic E-state index is 12.1. The highest BCUT2D eigenvalue weighted by Crippen LogP contribution is 2.19. The van der Waals surface area contributed by atoms with E-state index in [0.29, 0.717) is 28.3 Å². The Labute approximate surface area is 119 Å². The molecule has 6 nitrogen and oxygen atoms in total. The van der Waals surface area contributed by atoms with E-state index in [1.54, 1.807) is 19.1 Å². The summed E-state index contributed by atoms with van der Waals surface area (Å²) in [6, 6.07) is 3.35. The van der Waals surface area contributed by atoms with Crippen molar-refractivity contribution < 1.29 is 4.79 Å². The summed E-state index contributed by atoms with van der Waals surface area (Å²) < 4.78 is 3.98. The second-order valence-corrected chi connectivity index (χ2v) is 4.82. The molecular weight excluding hydrogens is 286 g/mol. The Kier molecular flexibility index (Phi) is 4.28. The van der Waals surface area contributed by atoms with Crippen LogP contribution in [-0.2, 0) is 0 Å². The summed E-state index contributed by atoms with van der Waals surface area (Å²) in [6.07, 6.45) is 0.